The minimum Gasteiger partial charge on any atom is -1.00 e. The maximum atomic E-state index is 6.21. The van der Waals surface area contributed by atoms with Gasteiger partial charge in [-0.15, -0.1) is 5.10 Å². The highest BCUT2D eigenvalue weighted by Gasteiger charge is 2.13. The number of hydrogen-bond donors (Lipinski definition) is 1. The number of benzene rings is 2. The Morgan fingerprint density at radius 3 is 2.77 bits per heavy atom. The highest BCUT2D eigenvalue weighted by molar-refractivity contribution is 9.10. The molecule has 30 heavy (non-hydrogen) atoms. The molecule has 1 aromatic heterocycles. The van der Waals surface area contributed by atoms with Crippen LogP contribution in [-0.2, 0) is 20.2 Å². The number of rotatable bonds is 10. The molecule has 0 aliphatic rings. The number of thioether (sulfide) groups is 1. The monoisotopic (exact) mass is 532 g/mol. The van der Waals surface area contributed by atoms with Crippen molar-refractivity contribution < 1.29 is 21.9 Å². The van der Waals surface area contributed by atoms with Gasteiger partial charge in [-0.3, -0.25) is 0 Å². The van der Waals surface area contributed by atoms with E-state index in [0.29, 0.717) is 29.7 Å². The smallest absolute Gasteiger partial charge is 0.209 e. The third-order valence-corrected chi connectivity index (χ3v) is 6.01. The summed E-state index contributed by atoms with van der Waals surface area (Å²) in [6.45, 7) is 1.89. The van der Waals surface area contributed by atoms with Gasteiger partial charge in [0.15, 0.2) is 11.5 Å². The van der Waals surface area contributed by atoms with Crippen LogP contribution in [0.4, 0.5) is 0 Å². The van der Waals surface area contributed by atoms with Gasteiger partial charge in [-0.25, -0.2) is 4.68 Å². The molecule has 2 aromatic carbocycles. The van der Waals surface area contributed by atoms with Crippen LogP contribution >= 0.6 is 39.3 Å². The summed E-state index contributed by atoms with van der Waals surface area (Å²) < 4.78 is 14.0. The second kappa shape index (κ2) is 12.4. The van der Waals surface area contributed by atoms with Crippen molar-refractivity contribution >= 4 is 39.3 Å². The van der Waals surface area contributed by atoms with Crippen LogP contribution < -0.4 is 27.2 Å². The van der Waals surface area contributed by atoms with Gasteiger partial charge in [-0.1, -0.05) is 41.6 Å². The van der Waals surface area contributed by atoms with Crippen LogP contribution in [0.1, 0.15) is 11.1 Å². The molecule has 162 valence electrons. The predicted molar refractivity (Wildman–Crippen MR) is 118 cm³/mol. The Morgan fingerprint density at radius 1 is 1.27 bits per heavy atom. The molecule has 0 aliphatic carbocycles. The van der Waals surface area contributed by atoms with E-state index in [0.717, 1.165) is 33.1 Å². The molecule has 0 unspecified atom stereocenters. The van der Waals surface area contributed by atoms with Crippen molar-refractivity contribution in [3.05, 3.63) is 57.0 Å². The van der Waals surface area contributed by atoms with E-state index >= 15 is 0 Å². The second-order valence-corrected chi connectivity index (χ2v) is 8.42. The molecule has 1 N–H and O–H groups in total. The Bertz CT molecular complexity index is 960. The summed E-state index contributed by atoms with van der Waals surface area (Å²) in [4.78, 5) is 0. The lowest BCUT2D eigenvalue weighted by molar-refractivity contribution is -0.00000646. The zero-order chi connectivity index (χ0) is 20.6. The molecule has 0 saturated carbocycles. The molecule has 3 aromatic rings. The maximum Gasteiger partial charge on any atom is 0.209 e. The Labute approximate surface area is 199 Å². The number of hydrogen-bond acceptors (Lipinski definition) is 7. The average Bonchev–Trinajstić information content (AvgIpc) is 3.12. The SMILES string of the molecule is COc1cc(CNCCSc2nnnn2C)cc(Br)c1OCc1ccccc1Cl.[Cl-]. The molecule has 0 spiro atoms. The molecule has 0 atom stereocenters. The van der Waals surface area contributed by atoms with Crippen molar-refractivity contribution in [2.45, 2.75) is 18.3 Å². The minimum atomic E-state index is 0. The van der Waals surface area contributed by atoms with Crippen LogP contribution in [0.25, 0.3) is 0 Å². The number of methoxy groups -OCH3 is 1. The third kappa shape index (κ3) is 6.75. The number of nitrogens with one attached hydrogen (secondary N) is 1. The van der Waals surface area contributed by atoms with Crippen molar-refractivity contribution in [1.82, 2.24) is 25.5 Å². The Hall–Kier alpha value is -1.52. The molecule has 1 heterocycles. The molecule has 0 radical (unpaired) electrons. The normalized spacial score (nSPS) is 10.5. The minimum absolute atomic E-state index is 0. The topological polar surface area (TPSA) is 74.1 Å². The fourth-order valence-corrected chi connectivity index (χ4v) is 4.11. The Balaban J connectivity index is 0.00000320. The molecular weight excluding hydrogens is 513 g/mol. The van der Waals surface area contributed by atoms with Gasteiger partial charge < -0.3 is 27.2 Å². The van der Waals surface area contributed by atoms with E-state index in [9.17, 15) is 0 Å². The summed E-state index contributed by atoms with van der Waals surface area (Å²) in [5.41, 5.74) is 2.01. The van der Waals surface area contributed by atoms with Crippen molar-refractivity contribution in [1.29, 1.82) is 0 Å². The molecular formula is C19H21BrCl2N5O2S-. The van der Waals surface area contributed by atoms with Gasteiger partial charge in [0.25, 0.3) is 0 Å². The van der Waals surface area contributed by atoms with E-state index in [-0.39, 0.29) is 12.4 Å². The first-order chi connectivity index (χ1) is 14.1. The fraction of sp³-hybridized carbons (Fsp3) is 0.316. The van der Waals surface area contributed by atoms with Crippen LogP contribution in [0.15, 0.2) is 46.0 Å². The number of tetrazole rings is 1. The van der Waals surface area contributed by atoms with E-state index in [4.69, 9.17) is 21.1 Å². The number of halogens is 3. The molecule has 3 rings (SSSR count). The van der Waals surface area contributed by atoms with Crippen LogP contribution in [0.2, 0.25) is 5.02 Å². The lowest BCUT2D eigenvalue weighted by Crippen LogP contribution is -3.00. The molecule has 11 heteroatoms. The molecule has 0 saturated heterocycles. The maximum absolute atomic E-state index is 6.21. The first-order valence-corrected chi connectivity index (χ1v) is 11.0. The summed E-state index contributed by atoms with van der Waals surface area (Å²) in [6.07, 6.45) is 0. The lowest BCUT2D eigenvalue weighted by atomic mass is 10.2. The van der Waals surface area contributed by atoms with E-state index in [2.05, 4.69) is 36.8 Å². The largest absolute Gasteiger partial charge is 1.00 e. The summed E-state index contributed by atoms with van der Waals surface area (Å²) in [5.74, 6) is 2.19. The zero-order valence-corrected chi connectivity index (χ0v) is 20.4. The summed E-state index contributed by atoms with van der Waals surface area (Å²) in [5, 5.41) is 16.3. The van der Waals surface area contributed by atoms with Crippen molar-refractivity contribution in [3.8, 4) is 11.5 Å². The van der Waals surface area contributed by atoms with Crippen LogP contribution in [0.3, 0.4) is 0 Å². The van der Waals surface area contributed by atoms with E-state index in [1.165, 1.54) is 0 Å². The van der Waals surface area contributed by atoms with Crippen LogP contribution in [0.5, 0.6) is 11.5 Å². The van der Waals surface area contributed by atoms with Gasteiger partial charge in [0, 0.05) is 36.5 Å². The zero-order valence-electron chi connectivity index (χ0n) is 16.4. The van der Waals surface area contributed by atoms with Crippen molar-refractivity contribution in [2.24, 2.45) is 7.05 Å². The lowest BCUT2D eigenvalue weighted by Gasteiger charge is -2.15. The number of aromatic nitrogens is 4. The van der Waals surface area contributed by atoms with Crippen LogP contribution in [0, 0.1) is 0 Å². The highest BCUT2D eigenvalue weighted by atomic mass is 79.9. The molecule has 0 aliphatic heterocycles. The van der Waals surface area contributed by atoms with Gasteiger partial charge in [-0.05, 0) is 50.1 Å². The van der Waals surface area contributed by atoms with Gasteiger partial charge in [-0.2, -0.15) is 0 Å². The third-order valence-electron chi connectivity index (χ3n) is 4.04. The number of nitrogens with zero attached hydrogens (tertiary/aromatic N) is 4. The first kappa shape index (κ1) is 24.7. The van der Waals surface area contributed by atoms with Crippen molar-refractivity contribution in [2.75, 3.05) is 19.4 Å². The summed E-state index contributed by atoms with van der Waals surface area (Å²) >= 11 is 11.4. The quantitative estimate of drug-likeness (QED) is 0.309. The molecule has 7 nitrogen and oxygen atoms in total. The number of aryl methyl sites for hydroxylation is 1. The molecule has 0 amide bonds. The van der Waals surface area contributed by atoms with Crippen LogP contribution in [-0.4, -0.2) is 39.6 Å². The van der Waals surface area contributed by atoms with Crippen molar-refractivity contribution in [3.63, 3.8) is 0 Å². The Morgan fingerprint density at radius 2 is 2.07 bits per heavy atom. The van der Waals surface area contributed by atoms with Gasteiger partial charge in [0.2, 0.25) is 5.16 Å². The van der Waals surface area contributed by atoms with Gasteiger partial charge >= 0.3 is 0 Å². The Kier molecular flexibility index (Phi) is 10.2. The summed E-state index contributed by atoms with van der Waals surface area (Å²) in [7, 11) is 3.46. The highest BCUT2D eigenvalue weighted by Crippen LogP contribution is 2.37. The summed E-state index contributed by atoms with van der Waals surface area (Å²) in [6, 6.07) is 11.6. The number of ether oxygens (including phenoxy) is 2. The van der Waals surface area contributed by atoms with E-state index in [1.807, 2.05) is 43.4 Å². The average molecular weight is 534 g/mol. The fourth-order valence-electron chi connectivity index (χ4n) is 2.57. The van der Waals surface area contributed by atoms with Gasteiger partial charge in [0.1, 0.15) is 6.61 Å². The van der Waals surface area contributed by atoms with E-state index in [1.54, 1.807) is 23.6 Å². The molecule has 0 bridgehead atoms. The first-order valence-electron chi connectivity index (χ1n) is 8.87. The van der Waals surface area contributed by atoms with Gasteiger partial charge in [0.05, 0.1) is 11.6 Å². The predicted octanol–water partition coefficient (Wildman–Crippen LogP) is 1.10. The standard InChI is InChI=1S/C19H21BrClN5O2S.ClH/c1-26-19(23-24-25-26)29-8-7-22-11-13-9-15(20)18(17(10-13)27-2)28-12-14-5-3-4-6-16(14)21;/h3-6,9-10,22H,7-8,11-12H2,1-2H3;1H/p-1. The second-order valence-electron chi connectivity index (χ2n) is 6.10. The van der Waals surface area contributed by atoms with E-state index < -0.39 is 0 Å². The molecule has 0 fully saturated rings.